The van der Waals surface area contributed by atoms with Gasteiger partial charge in [-0.05, 0) is 20.8 Å². The van der Waals surface area contributed by atoms with Gasteiger partial charge < -0.3 is 10.0 Å². The van der Waals surface area contributed by atoms with Crippen LogP contribution in [-0.4, -0.2) is 53.3 Å². The largest absolute Gasteiger partial charge is 0.465 e. The van der Waals surface area contributed by atoms with Gasteiger partial charge in [-0.2, -0.15) is 0 Å². The molecule has 1 N–H and O–H groups in total. The monoisotopic (exact) mass is 232 g/mol. The molecule has 6 heteroatoms. The first-order chi connectivity index (χ1) is 7.20. The maximum Gasteiger partial charge on any atom is 0.407 e. The van der Waals surface area contributed by atoms with Crippen LogP contribution >= 0.6 is 0 Å². The van der Waals surface area contributed by atoms with Gasteiger partial charge in [0.1, 0.15) is 0 Å². The van der Waals surface area contributed by atoms with Gasteiger partial charge >= 0.3 is 6.09 Å². The van der Waals surface area contributed by atoms with E-state index < -0.39 is 11.6 Å². The lowest BCUT2D eigenvalue weighted by Crippen LogP contribution is -2.46. The number of amides is 2. The summed E-state index contributed by atoms with van der Waals surface area (Å²) in [6.45, 7) is 5.51. The summed E-state index contributed by atoms with van der Waals surface area (Å²) in [5.74, 6) is -0.252. The molecule has 0 unspecified atom stereocenters. The molecular formula is C10H20N2O4. The Morgan fingerprint density at radius 2 is 1.81 bits per heavy atom. The normalized spacial score (nSPS) is 11.1. The Labute approximate surface area is 95.7 Å². The molecule has 0 heterocycles. The van der Waals surface area contributed by atoms with Crippen molar-refractivity contribution >= 4 is 12.0 Å². The average molecular weight is 232 g/mol. The first-order valence-corrected chi connectivity index (χ1v) is 5.01. The fourth-order valence-electron chi connectivity index (χ4n) is 1.18. The molecule has 0 aliphatic carbocycles. The molecule has 0 saturated heterocycles. The zero-order valence-corrected chi connectivity index (χ0v) is 10.5. The minimum absolute atomic E-state index is 0.105. The molecule has 2 amide bonds. The summed E-state index contributed by atoms with van der Waals surface area (Å²) in [4.78, 5) is 28.3. The molecule has 0 rings (SSSR count). The molecule has 6 nitrogen and oxygen atoms in total. The van der Waals surface area contributed by atoms with E-state index in [0.29, 0.717) is 0 Å². The number of carboxylic acid groups (broad SMARTS) is 1. The number of carbonyl (C=O) groups excluding carboxylic acids is 1. The number of rotatable bonds is 4. The molecule has 0 aliphatic heterocycles. The van der Waals surface area contributed by atoms with Gasteiger partial charge in [0.15, 0.2) is 0 Å². The minimum Gasteiger partial charge on any atom is -0.465 e. The lowest BCUT2D eigenvalue weighted by Gasteiger charge is -2.33. The van der Waals surface area contributed by atoms with Crippen LogP contribution in [-0.2, 0) is 9.63 Å². The number of hydroxylamine groups is 2. The zero-order valence-electron chi connectivity index (χ0n) is 10.5. The van der Waals surface area contributed by atoms with Crippen molar-refractivity contribution in [2.75, 3.05) is 20.7 Å². The molecule has 0 fully saturated rings. The Bertz CT molecular complexity index is 260. The number of hydrogen-bond acceptors (Lipinski definition) is 3. The van der Waals surface area contributed by atoms with Gasteiger partial charge in [-0.25, -0.2) is 9.86 Å². The van der Waals surface area contributed by atoms with Gasteiger partial charge in [0.05, 0.1) is 7.11 Å². The van der Waals surface area contributed by atoms with E-state index in [1.807, 2.05) is 0 Å². The molecule has 0 saturated carbocycles. The van der Waals surface area contributed by atoms with Crippen molar-refractivity contribution in [2.24, 2.45) is 0 Å². The van der Waals surface area contributed by atoms with Crippen LogP contribution in [0.2, 0.25) is 0 Å². The summed E-state index contributed by atoms with van der Waals surface area (Å²) >= 11 is 0. The van der Waals surface area contributed by atoms with E-state index in [0.717, 1.165) is 5.06 Å². The van der Waals surface area contributed by atoms with Gasteiger partial charge in [-0.1, -0.05) is 0 Å². The molecular weight excluding hydrogens is 212 g/mol. The van der Waals surface area contributed by atoms with Gasteiger partial charge in [-0.15, -0.1) is 0 Å². The van der Waals surface area contributed by atoms with Crippen LogP contribution in [0.1, 0.15) is 27.2 Å². The molecule has 16 heavy (non-hydrogen) atoms. The van der Waals surface area contributed by atoms with Crippen LogP contribution in [0.25, 0.3) is 0 Å². The van der Waals surface area contributed by atoms with Crippen molar-refractivity contribution in [3.8, 4) is 0 Å². The van der Waals surface area contributed by atoms with E-state index in [2.05, 4.69) is 0 Å². The number of nitrogens with zero attached hydrogens (tertiary/aromatic N) is 2. The molecule has 0 aliphatic rings. The summed E-state index contributed by atoms with van der Waals surface area (Å²) in [6, 6.07) is 0. The predicted molar refractivity (Wildman–Crippen MR) is 58.9 cm³/mol. The van der Waals surface area contributed by atoms with Crippen LogP contribution in [0.4, 0.5) is 4.79 Å². The van der Waals surface area contributed by atoms with Crippen molar-refractivity contribution in [2.45, 2.75) is 32.7 Å². The van der Waals surface area contributed by atoms with Crippen LogP contribution in [0, 0.1) is 0 Å². The van der Waals surface area contributed by atoms with Crippen molar-refractivity contribution in [1.29, 1.82) is 0 Å². The highest BCUT2D eigenvalue weighted by Crippen LogP contribution is 2.14. The van der Waals surface area contributed by atoms with Gasteiger partial charge in [0, 0.05) is 25.6 Å². The molecule has 0 bridgehead atoms. The van der Waals surface area contributed by atoms with E-state index in [1.54, 1.807) is 20.8 Å². The fourth-order valence-corrected chi connectivity index (χ4v) is 1.18. The highest BCUT2D eigenvalue weighted by Gasteiger charge is 2.26. The van der Waals surface area contributed by atoms with Crippen molar-refractivity contribution in [1.82, 2.24) is 9.96 Å². The first kappa shape index (κ1) is 14.7. The van der Waals surface area contributed by atoms with Gasteiger partial charge in [0.2, 0.25) is 5.91 Å². The second-order valence-corrected chi connectivity index (χ2v) is 4.43. The first-order valence-electron chi connectivity index (χ1n) is 5.01. The number of carbonyl (C=O) groups is 2. The second-order valence-electron chi connectivity index (χ2n) is 4.43. The van der Waals surface area contributed by atoms with E-state index in [1.165, 1.54) is 19.1 Å². The number of hydrogen-bond donors (Lipinski definition) is 1. The minimum atomic E-state index is -1.03. The Hall–Kier alpha value is -1.30. The second kappa shape index (κ2) is 5.69. The molecule has 0 aromatic rings. The zero-order chi connectivity index (χ0) is 12.9. The molecule has 94 valence electrons. The average Bonchev–Trinajstić information content (AvgIpc) is 2.13. The van der Waals surface area contributed by atoms with E-state index in [9.17, 15) is 9.59 Å². The molecule has 0 atom stereocenters. The SMILES string of the molecule is CON(C)C(=O)CCN(C(=O)O)C(C)(C)C. The standard InChI is InChI=1S/C10H20N2O4/c1-10(2,3)12(9(14)15)7-6-8(13)11(4)16-5/h6-7H2,1-5H3,(H,14,15). The van der Waals surface area contributed by atoms with E-state index >= 15 is 0 Å². The summed E-state index contributed by atoms with van der Waals surface area (Å²) < 4.78 is 0. The molecule has 0 spiro atoms. The summed E-state index contributed by atoms with van der Waals surface area (Å²) in [7, 11) is 2.88. The lowest BCUT2D eigenvalue weighted by molar-refractivity contribution is -0.169. The lowest BCUT2D eigenvalue weighted by atomic mass is 10.1. The Morgan fingerprint density at radius 3 is 2.12 bits per heavy atom. The summed E-state index contributed by atoms with van der Waals surface area (Å²) in [5, 5.41) is 10.1. The maximum atomic E-state index is 11.4. The highest BCUT2D eigenvalue weighted by molar-refractivity contribution is 5.75. The quantitative estimate of drug-likeness (QED) is 0.739. The van der Waals surface area contributed by atoms with E-state index in [4.69, 9.17) is 9.94 Å². The topological polar surface area (TPSA) is 70.1 Å². The Balaban J connectivity index is 4.35. The van der Waals surface area contributed by atoms with Gasteiger partial charge in [0.25, 0.3) is 0 Å². The Morgan fingerprint density at radius 1 is 1.31 bits per heavy atom. The molecule has 0 radical (unpaired) electrons. The third kappa shape index (κ3) is 4.48. The van der Waals surface area contributed by atoms with E-state index in [-0.39, 0.29) is 18.9 Å². The molecule has 0 aromatic heterocycles. The van der Waals surface area contributed by atoms with Crippen molar-refractivity contribution in [3.05, 3.63) is 0 Å². The van der Waals surface area contributed by atoms with Crippen LogP contribution in [0.3, 0.4) is 0 Å². The fraction of sp³-hybridized carbons (Fsp3) is 0.800. The highest BCUT2D eigenvalue weighted by atomic mass is 16.7. The smallest absolute Gasteiger partial charge is 0.407 e. The maximum absolute atomic E-state index is 11.4. The predicted octanol–water partition coefficient (Wildman–Crippen LogP) is 1.17. The van der Waals surface area contributed by atoms with Crippen LogP contribution < -0.4 is 0 Å². The third-order valence-electron chi connectivity index (χ3n) is 2.22. The van der Waals surface area contributed by atoms with Crippen LogP contribution in [0.15, 0.2) is 0 Å². The molecule has 0 aromatic carbocycles. The summed E-state index contributed by atoms with van der Waals surface area (Å²) in [5.41, 5.74) is -0.516. The Kier molecular flexibility index (Phi) is 5.23. The van der Waals surface area contributed by atoms with Gasteiger partial charge in [-0.3, -0.25) is 9.63 Å². The van der Waals surface area contributed by atoms with Crippen molar-refractivity contribution in [3.63, 3.8) is 0 Å². The summed E-state index contributed by atoms with van der Waals surface area (Å²) in [6.07, 6.45) is -0.922. The third-order valence-corrected chi connectivity index (χ3v) is 2.22. The van der Waals surface area contributed by atoms with Crippen LogP contribution in [0.5, 0.6) is 0 Å². The van der Waals surface area contributed by atoms with Crippen molar-refractivity contribution < 1.29 is 19.5 Å².